The summed E-state index contributed by atoms with van der Waals surface area (Å²) in [6.07, 6.45) is 9.60. The lowest BCUT2D eigenvalue weighted by Gasteiger charge is -2.24. The highest BCUT2D eigenvalue weighted by molar-refractivity contribution is 9.10. The van der Waals surface area contributed by atoms with Gasteiger partial charge in [-0.15, -0.1) is 0 Å². The van der Waals surface area contributed by atoms with E-state index in [1.165, 1.54) is 17.2 Å². The zero-order chi connectivity index (χ0) is 42.2. The van der Waals surface area contributed by atoms with E-state index in [-0.39, 0.29) is 24.1 Å². The zero-order valence-corrected chi connectivity index (χ0v) is 35.9. The number of nitrogens with one attached hydrogen (secondary N) is 6. The number of benzene rings is 3. The molecule has 0 saturated carbocycles. The van der Waals surface area contributed by atoms with E-state index in [2.05, 4.69) is 102 Å². The maximum absolute atomic E-state index is 14.2. The van der Waals surface area contributed by atoms with Crippen molar-refractivity contribution in [2.45, 2.75) is 18.3 Å². The van der Waals surface area contributed by atoms with Crippen LogP contribution < -0.4 is 31.9 Å². The van der Waals surface area contributed by atoms with E-state index in [1.54, 1.807) is 43.2 Å². The van der Waals surface area contributed by atoms with Gasteiger partial charge in [-0.3, -0.25) is 0 Å². The summed E-state index contributed by atoms with van der Waals surface area (Å²) in [6.45, 7) is 7.22. The van der Waals surface area contributed by atoms with E-state index in [4.69, 9.17) is 37.4 Å². The molecule has 0 bridgehead atoms. The first-order chi connectivity index (χ1) is 29.8. The topological polar surface area (TPSA) is 177 Å². The lowest BCUT2D eigenvalue weighted by Crippen LogP contribution is -2.33. The largest absolute Gasteiger partial charge is 0.371 e. The first-order valence-corrected chi connectivity index (χ1v) is 21.1. The molecule has 6 heterocycles. The highest BCUT2D eigenvalue weighted by atomic mass is 79.9. The van der Waals surface area contributed by atoms with Gasteiger partial charge < -0.3 is 46.1 Å². The Kier molecular flexibility index (Phi) is 16.5. The predicted octanol–water partition coefficient (Wildman–Crippen LogP) is 7.85. The van der Waals surface area contributed by atoms with E-state index in [0.29, 0.717) is 46.7 Å². The zero-order valence-electron chi connectivity index (χ0n) is 32.8. The van der Waals surface area contributed by atoms with E-state index in [0.717, 1.165) is 67.3 Å². The number of rotatable bonds is 9. The van der Waals surface area contributed by atoms with Gasteiger partial charge in [0.05, 0.1) is 83.1 Å². The number of aromatic nitrogens is 6. The number of hydrogen-bond acceptors (Lipinski definition) is 15. The SMILES string of the molecule is Clc1cnc(Nc2ccc([C@@H]3CNCCO3)cc2)nc1.Clc1cnc(Nc2ccc([C@H]3CNCCO3)cc2)nc1.Fc1cc(C2CNCCO2)ccc1Nc1ncc(Br)cn1. The molecule has 3 aromatic carbocycles. The van der Waals surface area contributed by atoms with Crippen molar-refractivity contribution < 1.29 is 18.6 Å². The molecular weight excluding hydrogens is 890 g/mol. The Morgan fingerprint density at radius 1 is 0.525 bits per heavy atom. The van der Waals surface area contributed by atoms with E-state index >= 15 is 0 Å². The Bertz CT molecular complexity index is 2130. The summed E-state index contributed by atoms with van der Waals surface area (Å²) in [7, 11) is 0. The lowest BCUT2D eigenvalue weighted by molar-refractivity contribution is 0.0275. The van der Waals surface area contributed by atoms with Gasteiger partial charge >= 0.3 is 0 Å². The molecule has 318 valence electrons. The second kappa shape index (κ2) is 22.8. The third-order valence-electron chi connectivity index (χ3n) is 9.33. The van der Waals surface area contributed by atoms with Crippen molar-refractivity contribution in [3.8, 4) is 0 Å². The number of hydrogen-bond donors (Lipinski definition) is 6. The standard InChI is InChI=1S/C14H14BrFN4O.2C14H15ClN4O/c15-10-6-18-14(19-7-10)20-12-2-1-9(5-11(12)16)13-8-17-3-4-21-13;2*15-11-7-17-14(18-8-11)19-12-3-1-10(2-4-12)13-9-16-5-6-20-13/h1-2,5-7,13,17H,3-4,8H2,(H,18,19,20);2*1-4,7-8,13,16H,5-6,9H2,(H,17,18,19)/t;2*13-/m.10/s1. The quantitative estimate of drug-likeness (QED) is 0.0826. The van der Waals surface area contributed by atoms with Crippen molar-refractivity contribution in [1.29, 1.82) is 0 Å². The molecule has 61 heavy (non-hydrogen) atoms. The molecule has 3 fully saturated rings. The van der Waals surface area contributed by atoms with Gasteiger partial charge in [-0.1, -0.05) is 53.5 Å². The maximum Gasteiger partial charge on any atom is 0.227 e. The number of ether oxygens (including phenoxy) is 3. The highest BCUT2D eigenvalue weighted by Crippen LogP contribution is 2.26. The lowest BCUT2D eigenvalue weighted by atomic mass is 10.1. The van der Waals surface area contributed by atoms with Crippen LogP contribution in [0.5, 0.6) is 0 Å². The highest BCUT2D eigenvalue weighted by Gasteiger charge is 2.18. The molecule has 3 aromatic heterocycles. The fraction of sp³-hybridized carbons (Fsp3) is 0.286. The van der Waals surface area contributed by atoms with Crippen molar-refractivity contribution in [1.82, 2.24) is 45.9 Å². The Balaban J connectivity index is 0.000000138. The van der Waals surface area contributed by atoms with Crippen LogP contribution in [0.15, 0.2) is 108 Å². The van der Waals surface area contributed by atoms with Crippen LogP contribution in [0.4, 0.5) is 39.3 Å². The van der Waals surface area contributed by atoms with Crippen molar-refractivity contribution in [3.63, 3.8) is 0 Å². The molecule has 3 atom stereocenters. The number of halogens is 4. The molecule has 0 amide bonds. The predicted molar refractivity (Wildman–Crippen MR) is 238 cm³/mol. The number of anilines is 6. The minimum absolute atomic E-state index is 0.105. The van der Waals surface area contributed by atoms with Crippen molar-refractivity contribution in [2.75, 3.05) is 75.0 Å². The van der Waals surface area contributed by atoms with Crippen LogP contribution in [-0.2, 0) is 14.2 Å². The van der Waals surface area contributed by atoms with E-state index in [9.17, 15) is 4.39 Å². The van der Waals surface area contributed by atoms with Gasteiger partial charge in [0, 0.05) is 63.0 Å². The Morgan fingerprint density at radius 2 is 0.902 bits per heavy atom. The van der Waals surface area contributed by atoms with Crippen LogP contribution >= 0.6 is 39.1 Å². The molecule has 3 saturated heterocycles. The van der Waals surface area contributed by atoms with Gasteiger partial charge in [0.25, 0.3) is 0 Å². The second-order valence-electron chi connectivity index (χ2n) is 13.7. The molecule has 0 spiro atoms. The summed E-state index contributed by atoms with van der Waals surface area (Å²) in [5, 5.41) is 20.0. The van der Waals surface area contributed by atoms with Crippen LogP contribution in [0.2, 0.25) is 10.0 Å². The van der Waals surface area contributed by atoms with Crippen molar-refractivity contribution in [2.24, 2.45) is 0 Å². The van der Waals surface area contributed by atoms with Crippen molar-refractivity contribution in [3.05, 3.63) is 141 Å². The summed E-state index contributed by atoms with van der Waals surface area (Å²) in [5.41, 5.74) is 5.35. The third-order valence-corrected chi connectivity index (χ3v) is 10.1. The monoisotopic (exact) mass is 932 g/mol. The van der Waals surface area contributed by atoms with Gasteiger partial charge in [0.2, 0.25) is 17.8 Å². The molecule has 0 aliphatic carbocycles. The molecule has 3 aliphatic heterocycles. The third kappa shape index (κ3) is 13.8. The van der Waals surface area contributed by atoms with Gasteiger partial charge in [-0.2, -0.15) is 0 Å². The van der Waals surface area contributed by atoms with Crippen LogP contribution in [0.3, 0.4) is 0 Å². The first-order valence-electron chi connectivity index (χ1n) is 19.5. The summed E-state index contributed by atoms with van der Waals surface area (Å²) >= 11 is 14.7. The van der Waals surface area contributed by atoms with Crippen LogP contribution in [0.25, 0.3) is 0 Å². The van der Waals surface area contributed by atoms with E-state index < -0.39 is 0 Å². The molecule has 6 aromatic rings. The molecule has 15 nitrogen and oxygen atoms in total. The number of morpholine rings is 3. The Hall–Kier alpha value is -4.95. The summed E-state index contributed by atoms with van der Waals surface area (Å²) < 4.78 is 32.0. The van der Waals surface area contributed by atoms with Gasteiger partial charge in [0.1, 0.15) is 5.82 Å². The fourth-order valence-corrected chi connectivity index (χ4v) is 6.64. The minimum Gasteiger partial charge on any atom is -0.371 e. The Labute approximate surface area is 371 Å². The Morgan fingerprint density at radius 3 is 1.30 bits per heavy atom. The molecule has 1 unspecified atom stereocenters. The summed E-state index contributed by atoms with van der Waals surface area (Å²) in [4.78, 5) is 24.5. The van der Waals surface area contributed by atoms with Crippen LogP contribution in [0.1, 0.15) is 35.0 Å². The summed E-state index contributed by atoms with van der Waals surface area (Å²) in [6, 6.07) is 21.2. The normalized spacial score (nSPS) is 18.7. The minimum atomic E-state index is -0.354. The molecule has 19 heteroatoms. The van der Waals surface area contributed by atoms with E-state index in [1.807, 2.05) is 30.3 Å². The molecular formula is C42H44BrCl2FN12O3. The van der Waals surface area contributed by atoms with Gasteiger partial charge in [-0.05, 0) is 69.0 Å². The number of nitrogens with zero attached hydrogens (tertiary/aromatic N) is 6. The van der Waals surface area contributed by atoms with Crippen molar-refractivity contribution >= 4 is 74.0 Å². The average molecular weight is 935 g/mol. The van der Waals surface area contributed by atoms with Crippen LogP contribution in [0, 0.1) is 5.82 Å². The maximum atomic E-state index is 14.2. The molecule has 0 radical (unpaired) electrons. The van der Waals surface area contributed by atoms with Crippen LogP contribution in [-0.4, -0.2) is 89.0 Å². The van der Waals surface area contributed by atoms with Gasteiger partial charge in [-0.25, -0.2) is 34.3 Å². The smallest absolute Gasteiger partial charge is 0.227 e. The molecule has 6 N–H and O–H groups in total. The molecule has 9 rings (SSSR count). The molecule has 3 aliphatic rings. The first kappa shape index (κ1) is 44.1. The average Bonchev–Trinajstić information content (AvgIpc) is 3.31. The van der Waals surface area contributed by atoms with Gasteiger partial charge in [0.15, 0.2) is 0 Å². The fourth-order valence-electron chi connectivity index (χ4n) is 6.24. The second-order valence-corrected chi connectivity index (χ2v) is 15.5. The summed E-state index contributed by atoms with van der Waals surface area (Å²) in [5.74, 6) is 1.05.